The molecule has 3 aromatic rings. The van der Waals surface area contributed by atoms with Gasteiger partial charge in [0.05, 0.1) is 0 Å². The van der Waals surface area contributed by atoms with Crippen LogP contribution in [0.4, 0.5) is 21.9 Å². The zero-order chi connectivity index (χ0) is 25.1. The molecule has 2 aliphatic rings. The van der Waals surface area contributed by atoms with Gasteiger partial charge in [-0.25, -0.2) is 4.79 Å². The molecule has 1 saturated heterocycles. The van der Waals surface area contributed by atoms with Gasteiger partial charge in [0, 0.05) is 54.8 Å². The van der Waals surface area contributed by atoms with Gasteiger partial charge in [0.1, 0.15) is 0 Å². The Morgan fingerprint density at radius 1 is 0.889 bits per heavy atom. The summed E-state index contributed by atoms with van der Waals surface area (Å²) in [6.07, 6.45) is 3.05. The number of anilines is 3. The van der Waals surface area contributed by atoms with E-state index in [0.29, 0.717) is 30.9 Å². The molecule has 0 spiro atoms. The normalized spacial score (nSPS) is 17.8. The zero-order valence-corrected chi connectivity index (χ0v) is 21.1. The Hall–Kier alpha value is -3.80. The highest BCUT2D eigenvalue weighted by molar-refractivity contribution is 6.02. The molecule has 3 aromatic carbocycles. The summed E-state index contributed by atoms with van der Waals surface area (Å²) < 4.78 is 0. The molecule has 0 aliphatic carbocycles. The number of hydrogen-bond acceptors (Lipinski definition) is 3. The van der Waals surface area contributed by atoms with E-state index < -0.39 is 0 Å². The second-order valence-electron chi connectivity index (χ2n) is 9.88. The van der Waals surface area contributed by atoms with E-state index >= 15 is 0 Å². The number of nitrogens with one attached hydrogen (secondary N) is 1. The Labute approximate surface area is 213 Å². The number of nitrogens with zero attached hydrogens (tertiary/aromatic N) is 3. The first-order valence-corrected chi connectivity index (χ1v) is 12.9. The third kappa shape index (κ3) is 5.08. The highest BCUT2D eigenvalue weighted by atomic mass is 16.2. The molecule has 2 heterocycles. The fourth-order valence-corrected chi connectivity index (χ4v) is 5.30. The number of urea groups is 1. The Morgan fingerprint density at radius 2 is 1.69 bits per heavy atom. The number of piperazine rings is 1. The number of carbonyl (C=O) groups is 2. The van der Waals surface area contributed by atoms with Gasteiger partial charge in [0.15, 0.2) is 0 Å². The van der Waals surface area contributed by atoms with Crippen molar-refractivity contribution in [1.29, 1.82) is 0 Å². The molecule has 0 radical (unpaired) electrons. The standard InChI is InChI=1S/C30H34N4O2/c1-22-8-7-11-27(20-22)33-19-18-32(21-23(33)2)29(35)25-13-15-26(16-14-25)31-30(36)34-17-6-5-10-24-9-3-4-12-28(24)34/h3-4,7-9,11-16,20,23H,5-6,10,17-19,21H2,1-2H3,(H,31,36). The van der Waals surface area contributed by atoms with Gasteiger partial charge in [-0.1, -0.05) is 30.3 Å². The third-order valence-electron chi connectivity index (χ3n) is 7.24. The first kappa shape index (κ1) is 23.9. The topological polar surface area (TPSA) is 55.9 Å². The fourth-order valence-electron chi connectivity index (χ4n) is 5.30. The van der Waals surface area contributed by atoms with Crippen molar-refractivity contribution < 1.29 is 9.59 Å². The quantitative estimate of drug-likeness (QED) is 0.519. The third-order valence-corrected chi connectivity index (χ3v) is 7.24. The summed E-state index contributed by atoms with van der Waals surface area (Å²) in [7, 11) is 0. The van der Waals surface area contributed by atoms with Crippen molar-refractivity contribution in [2.45, 2.75) is 39.2 Å². The van der Waals surface area contributed by atoms with Crippen LogP contribution < -0.4 is 15.1 Å². The molecular formula is C30H34N4O2. The lowest BCUT2D eigenvalue weighted by Crippen LogP contribution is -2.53. The van der Waals surface area contributed by atoms with E-state index in [1.165, 1.54) is 16.8 Å². The SMILES string of the molecule is Cc1cccc(N2CCN(C(=O)c3ccc(NC(=O)N4CCCCc5ccccc54)cc3)CC2C)c1. The molecule has 36 heavy (non-hydrogen) atoms. The number of fused-ring (bicyclic) bond motifs is 1. The molecule has 0 bridgehead atoms. The van der Waals surface area contributed by atoms with Crippen molar-refractivity contribution in [3.63, 3.8) is 0 Å². The molecular weight excluding hydrogens is 448 g/mol. The van der Waals surface area contributed by atoms with Crippen LogP contribution in [0.15, 0.2) is 72.8 Å². The van der Waals surface area contributed by atoms with Crippen LogP contribution in [0.2, 0.25) is 0 Å². The molecule has 186 valence electrons. The van der Waals surface area contributed by atoms with Crippen LogP contribution >= 0.6 is 0 Å². The van der Waals surface area contributed by atoms with Crippen molar-refractivity contribution in [2.75, 3.05) is 41.3 Å². The lowest BCUT2D eigenvalue weighted by molar-refractivity contribution is 0.0726. The van der Waals surface area contributed by atoms with Crippen LogP contribution in [-0.2, 0) is 6.42 Å². The molecule has 1 atom stereocenters. The second kappa shape index (κ2) is 10.4. The average molecular weight is 483 g/mol. The van der Waals surface area contributed by atoms with E-state index in [-0.39, 0.29) is 18.0 Å². The number of amides is 3. The summed E-state index contributed by atoms with van der Waals surface area (Å²) in [5.74, 6) is 0.0325. The summed E-state index contributed by atoms with van der Waals surface area (Å²) in [5, 5.41) is 3.02. The summed E-state index contributed by atoms with van der Waals surface area (Å²) in [6.45, 7) is 7.14. The van der Waals surface area contributed by atoms with Crippen LogP contribution in [0, 0.1) is 6.92 Å². The van der Waals surface area contributed by atoms with Crippen molar-refractivity contribution in [2.24, 2.45) is 0 Å². The first-order valence-electron chi connectivity index (χ1n) is 12.9. The van der Waals surface area contributed by atoms with Crippen LogP contribution in [0.5, 0.6) is 0 Å². The molecule has 1 unspecified atom stereocenters. The predicted octanol–water partition coefficient (Wildman–Crippen LogP) is 5.72. The lowest BCUT2D eigenvalue weighted by Gasteiger charge is -2.41. The van der Waals surface area contributed by atoms with Crippen molar-refractivity contribution in [3.05, 3.63) is 89.5 Å². The van der Waals surface area contributed by atoms with Gasteiger partial charge in [-0.2, -0.15) is 0 Å². The number of aryl methyl sites for hydroxylation is 2. The fraction of sp³-hybridized carbons (Fsp3) is 0.333. The van der Waals surface area contributed by atoms with Crippen LogP contribution in [0.25, 0.3) is 0 Å². The van der Waals surface area contributed by atoms with E-state index in [2.05, 4.69) is 54.4 Å². The molecule has 1 N–H and O–H groups in total. The molecule has 6 heteroatoms. The van der Waals surface area contributed by atoms with E-state index in [9.17, 15) is 9.59 Å². The minimum absolute atomic E-state index is 0.0325. The van der Waals surface area contributed by atoms with E-state index in [1.54, 1.807) is 0 Å². The Bertz CT molecular complexity index is 1240. The number of hydrogen-bond donors (Lipinski definition) is 1. The summed E-state index contributed by atoms with van der Waals surface area (Å²) >= 11 is 0. The van der Waals surface area contributed by atoms with Gasteiger partial charge in [0.25, 0.3) is 5.91 Å². The van der Waals surface area contributed by atoms with Gasteiger partial charge < -0.3 is 15.1 Å². The maximum atomic E-state index is 13.2. The summed E-state index contributed by atoms with van der Waals surface area (Å²) in [6, 6.07) is 24.0. The molecule has 2 aliphatic heterocycles. The van der Waals surface area contributed by atoms with Crippen LogP contribution in [0.1, 0.15) is 41.3 Å². The predicted molar refractivity (Wildman–Crippen MR) is 146 cm³/mol. The monoisotopic (exact) mass is 482 g/mol. The smallest absolute Gasteiger partial charge is 0.326 e. The number of benzene rings is 3. The molecule has 0 saturated carbocycles. The minimum atomic E-state index is -0.135. The molecule has 5 rings (SSSR count). The highest BCUT2D eigenvalue weighted by Gasteiger charge is 2.28. The average Bonchev–Trinajstić information content (AvgIpc) is 3.11. The highest BCUT2D eigenvalue weighted by Crippen LogP contribution is 2.27. The second-order valence-corrected chi connectivity index (χ2v) is 9.88. The minimum Gasteiger partial charge on any atom is -0.365 e. The molecule has 3 amide bonds. The first-order chi connectivity index (χ1) is 17.5. The van der Waals surface area contributed by atoms with Crippen molar-refractivity contribution >= 4 is 29.0 Å². The number of para-hydroxylation sites is 1. The van der Waals surface area contributed by atoms with E-state index in [1.807, 2.05) is 52.3 Å². The van der Waals surface area contributed by atoms with Gasteiger partial charge in [-0.15, -0.1) is 0 Å². The van der Waals surface area contributed by atoms with Gasteiger partial charge >= 0.3 is 6.03 Å². The Morgan fingerprint density at radius 3 is 2.47 bits per heavy atom. The van der Waals surface area contributed by atoms with E-state index in [0.717, 1.165) is 31.5 Å². The molecule has 0 aromatic heterocycles. The van der Waals surface area contributed by atoms with Crippen molar-refractivity contribution in [1.82, 2.24) is 4.90 Å². The largest absolute Gasteiger partial charge is 0.365 e. The molecule has 6 nitrogen and oxygen atoms in total. The van der Waals surface area contributed by atoms with E-state index in [4.69, 9.17) is 0 Å². The van der Waals surface area contributed by atoms with Crippen LogP contribution in [0.3, 0.4) is 0 Å². The maximum Gasteiger partial charge on any atom is 0.326 e. The summed E-state index contributed by atoms with van der Waals surface area (Å²) in [5.41, 5.74) is 5.98. The lowest BCUT2D eigenvalue weighted by atomic mass is 10.1. The van der Waals surface area contributed by atoms with Crippen LogP contribution in [-0.4, -0.2) is 49.1 Å². The number of rotatable bonds is 3. The van der Waals surface area contributed by atoms with Gasteiger partial charge in [-0.05, 0) is 86.7 Å². The summed E-state index contributed by atoms with van der Waals surface area (Å²) in [4.78, 5) is 32.4. The Kier molecular flexibility index (Phi) is 6.94. The number of carbonyl (C=O) groups excluding carboxylic acids is 2. The van der Waals surface area contributed by atoms with Gasteiger partial charge in [0.2, 0.25) is 0 Å². The van der Waals surface area contributed by atoms with Gasteiger partial charge in [-0.3, -0.25) is 9.69 Å². The maximum absolute atomic E-state index is 13.2. The Balaban J connectivity index is 1.22. The molecule has 1 fully saturated rings. The zero-order valence-electron chi connectivity index (χ0n) is 21.1. The van der Waals surface area contributed by atoms with Crippen molar-refractivity contribution in [3.8, 4) is 0 Å².